The van der Waals surface area contributed by atoms with Crippen molar-refractivity contribution in [1.29, 1.82) is 0 Å². The van der Waals surface area contributed by atoms with E-state index in [1.165, 1.54) is 59.8 Å². The van der Waals surface area contributed by atoms with Crippen LogP contribution in [0, 0.1) is 0 Å². The van der Waals surface area contributed by atoms with Crippen LogP contribution in [0.1, 0.15) is 0 Å². The van der Waals surface area contributed by atoms with E-state index in [9.17, 15) is 0 Å². The van der Waals surface area contributed by atoms with Crippen LogP contribution >= 0.6 is 0 Å². The van der Waals surface area contributed by atoms with E-state index < -0.39 is 0 Å². The summed E-state index contributed by atoms with van der Waals surface area (Å²) in [6, 6.07) is 74.4. The number of para-hydroxylation sites is 3. The molecule has 0 aliphatic carbocycles. The second-order valence-corrected chi connectivity index (χ2v) is 15.8. The molecule has 0 N–H and O–H groups in total. The van der Waals surface area contributed by atoms with Crippen molar-refractivity contribution in [2.24, 2.45) is 0 Å². The van der Waals surface area contributed by atoms with E-state index in [4.69, 9.17) is 8.83 Å². The molecule has 0 bridgehead atoms. The zero-order chi connectivity index (χ0) is 39.3. The van der Waals surface area contributed by atoms with Gasteiger partial charge in [0.25, 0.3) is 0 Å². The van der Waals surface area contributed by atoms with Gasteiger partial charge >= 0.3 is 0 Å². The molecule has 0 radical (unpaired) electrons. The maximum absolute atomic E-state index is 6.97. The van der Waals surface area contributed by atoms with E-state index in [1.807, 2.05) is 12.1 Å². The second-order valence-electron chi connectivity index (χ2n) is 15.8. The first kappa shape index (κ1) is 33.1. The molecule has 278 valence electrons. The Morgan fingerprint density at radius 3 is 1.42 bits per heavy atom. The van der Waals surface area contributed by atoms with E-state index in [2.05, 4.69) is 194 Å². The maximum Gasteiger partial charge on any atom is 0.143 e. The summed E-state index contributed by atoms with van der Waals surface area (Å²) in [6.45, 7) is 0. The first-order chi connectivity index (χ1) is 29.8. The molecule has 11 aromatic carbocycles. The SMILES string of the molecule is c1ccc2c(c1)ccc1c(-c3c4ccccc4c(-c4ccc(-c5ccc(-c6cccc7c6oc6ccccc67)cc5)c5c4oc4ccccc45)c4ccccc34)cccc12. The van der Waals surface area contributed by atoms with Gasteiger partial charge in [-0.05, 0) is 89.1 Å². The summed E-state index contributed by atoms with van der Waals surface area (Å²) in [4.78, 5) is 0. The summed E-state index contributed by atoms with van der Waals surface area (Å²) in [5, 5.41) is 14.4. The Balaban J connectivity index is 1.03. The standard InChI is InChI=1S/C58H34O2/c1-2-14-38-35(13-1)31-32-42-41(38)22-12-23-44(42)54-45-16-3-5-18-47(45)55(48-19-6-4-17-46(48)54)51-34-33-39(56-50-20-8-10-26-53(50)60-58(51)56)36-27-29-37(30-28-36)40-21-11-24-49-43-15-7-9-25-52(43)59-57(40)49/h1-34H. The van der Waals surface area contributed by atoms with Crippen molar-refractivity contribution in [3.63, 3.8) is 0 Å². The highest BCUT2D eigenvalue weighted by molar-refractivity contribution is 6.27. The lowest BCUT2D eigenvalue weighted by Crippen LogP contribution is -1.92. The number of hydrogen-bond donors (Lipinski definition) is 0. The third-order valence-corrected chi connectivity index (χ3v) is 12.7. The third kappa shape index (κ3) is 4.76. The highest BCUT2D eigenvalue weighted by Gasteiger charge is 2.23. The summed E-state index contributed by atoms with van der Waals surface area (Å²) >= 11 is 0. The predicted octanol–water partition coefficient (Wildman–Crippen LogP) is 16.8. The fourth-order valence-electron chi connectivity index (χ4n) is 10.0. The highest BCUT2D eigenvalue weighted by Crippen LogP contribution is 2.49. The van der Waals surface area contributed by atoms with Gasteiger partial charge in [-0.2, -0.15) is 0 Å². The van der Waals surface area contributed by atoms with Crippen molar-refractivity contribution >= 4 is 87.0 Å². The minimum atomic E-state index is 0.877. The molecule has 0 spiro atoms. The Bertz CT molecular complexity index is 3820. The predicted molar refractivity (Wildman–Crippen MR) is 253 cm³/mol. The van der Waals surface area contributed by atoms with Gasteiger partial charge in [-0.1, -0.05) is 188 Å². The highest BCUT2D eigenvalue weighted by atomic mass is 16.3. The van der Waals surface area contributed by atoms with Gasteiger partial charge in [0.1, 0.15) is 22.3 Å². The topological polar surface area (TPSA) is 26.3 Å². The van der Waals surface area contributed by atoms with Crippen LogP contribution < -0.4 is 0 Å². The van der Waals surface area contributed by atoms with Gasteiger partial charge in [0.05, 0.1) is 0 Å². The Labute approximate surface area is 345 Å². The monoisotopic (exact) mass is 762 g/mol. The molecule has 13 rings (SSSR count). The Morgan fingerprint density at radius 1 is 0.233 bits per heavy atom. The summed E-state index contributed by atoms with van der Waals surface area (Å²) < 4.78 is 13.4. The summed E-state index contributed by atoms with van der Waals surface area (Å²) in [6.07, 6.45) is 0. The van der Waals surface area contributed by atoms with E-state index in [-0.39, 0.29) is 0 Å². The van der Waals surface area contributed by atoms with Crippen LogP contribution in [0.4, 0.5) is 0 Å². The van der Waals surface area contributed by atoms with Gasteiger partial charge in [0.15, 0.2) is 0 Å². The molecular formula is C58H34O2. The van der Waals surface area contributed by atoms with Gasteiger partial charge < -0.3 is 8.83 Å². The zero-order valence-electron chi connectivity index (χ0n) is 32.4. The van der Waals surface area contributed by atoms with Crippen molar-refractivity contribution in [3.8, 4) is 44.5 Å². The average Bonchev–Trinajstić information content (AvgIpc) is 3.90. The molecule has 60 heavy (non-hydrogen) atoms. The van der Waals surface area contributed by atoms with Crippen LogP contribution in [0.3, 0.4) is 0 Å². The molecule has 2 heteroatoms. The fourth-order valence-corrected chi connectivity index (χ4v) is 10.0. The van der Waals surface area contributed by atoms with E-state index in [1.54, 1.807) is 0 Å². The van der Waals surface area contributed by atoms with E-state index in [0.29, 0.717) is 0 Å². The third-order valence-electron chi connectivity index (χ3n) is 12.7. The van der Waals surface area contributed by atoms with Gasteiger partial charge in [0.2, 0.25) is 0 Å². The molecule has 13 aromatic rings. The molecule has 0 aliphatic heterocycles. The normalized spacial score (nSPS) is 12.0. The molecule has 0 saturated heterocycles. The number of furan rings is 2. The van der Waals surface area contributed by atoms with Crippen LogP contribution in [0.2, 0.25) is 0 Å². The van der Waals surface area contributed by atoms with Crippen LogP contribution in [0.15, 0.2) is 215 Å². The largest absolute Gasteiger partial charge is 0.455 e. The first-order valence-electron chi connectivity index (χ1n) is 20.6. The number of hydrogen-bond acceptors (Lipinski definition) is 2. The minimum Gasteiger partial charge on any atom is -0.455 e. The summed E-state index contributed by atoms with van der Waals surface area (Å²) in [7, 11) is 0. The molecular weight excluding hydrogens is 729 g/mol. The molecule has 0 saturated carbocycles. The van der Waals surface area contributed by atoms with Gasteiger partial charge in [-0.25, -0.2) is 0 Å². The molecule has 2 nitrogen and oxygen atoms in total. The number of benzene rings is 11. The Morgan fingerprint density at radius 2 is 0.717 bits per heavy atom. The lowest BCUT2D eigenvalue weighted by molar-refractivity contribution is 0.669. The molecule has 0 aliphatic rings. The Kier molecular flexibility index (Phi) is 7.05. The first-order valence-corrected chi connectivity index (χ1v) is 20.6. The lowest BCUT2D eigenvalue weighted by Gasteiger charge is -2.19. The quantitative estimate of drug-likeness (QED) is 0.132. The van der Waals surface area contributed by atoms with Crippen molar-refractivity contribution in [3.05, 3.63) is 206 Å². The van der Waals surface area contributed by atoms with Crippen molar-refractivity contribution < 1.29 is 8.83 Å². The summed E-state index contributed by atoms with van der Waals surface area (Å²) in [5.74, 6) is 0. The van der Waals surface area contributed by atoms with Crippen molar-refractivity contribution in [1.82, 2.24) is 0 Å². The second kappa shape index (κ2) is 12.8. The van der Waals surface area contributed by atoms with Crippen LogP contribution in [0.25, 0.3) is 131 Å². The number of rotatable bonds is 4. The van der Waals surface area contributed by atoms with Crippen LogP contribution in [-0.4, -0.2) is 0 Å². The average molecular weight is 763 g/mol. The van der Waals surface area contributed by atoms with Gasteiger partial charge in [-0.3, -0.25) is 0 Å². The van der Waals surface area contributed by atoms with E-state index in [0.717, 1.165) is 71.7 Å². The van der Waals surface area contributed by atoms with E-state index >= 15 is 0 Å². The van der Waals surface area contributed by atoms with Gasteiger partial charge in [0, 0.05) is 38.2 Å². The Hall–Kier alpha value is -7.94. The van der Waals surface area contributed by atoms with Crippen LogP contribution in [0.5, 0.6) is 0 Å². The minimum absolute atomic E-state index is 0.877. The smallest absolute Gasteiger partial charge is 0.143 e. The van der Waals surface area contributed by atoms with Crippen molar-refractivity contribution in [2.75, 3.05) is 0 Å². The fraction of sp³-hybridized carbons (Fsp3) is 0. The number of fused-ring (bicyclic) bond motifs is 11. The van der Waals surface area contributed by atoms with Gasteiger partial charge in [-0.15, -0.1) is 0 Å². The summed E-state index contributed by atoms with van der Waals surface area (Å²) in [5.41, 5.74) is 12.8. The molecule has 0 amide bonds. The molecule has 0 atom stereocenters. The molecule has 0 unspecified atom stereocenters. The zero-order valence-corrected chi connectivity index (χ0v) is 32.4. The molecule has 0 fully saturated rings. The molecule has 2 heterocycles. The lowest BCUT2D eigenvalue weighted by atomic mass is 9.83. The molecule has 2 aromatic heterocycles. The van der Waals surface area contributed by atoms with Crippen LogP contribution in [-0.2, 0) is 0 Å². The van der Waals surface area contributed by atoms with Crippen molar-refractivity contribution in [2.45, 2.75) is 0 Å². The maximum atomic E-state index is 6.97.